The summed E-state index contributed by atoms with van der Waals surface area (Å²) in [5, 5.41) is 19.5. The van der Waals surface area contributed by atoms with Crippen molar-refractivity contribution >= 4 is 40.3 Å². The highest BCUT2D eigenvalue weighted by Gasteiger charge is 2.53. The number of nitrogens with zero attached hydrogens (tertiary/aromatic N) is 1. The molecule has 2 heterocycles. The predicted octanol–water partition coefficient (Wildman–Crippen LogP) is 5.61. The monoisotopic (exact) mass is 525 g/mol. The fraction of sp³-hybridized carbons (Fsp3) is 0.500. The molecule has 1 aromatic heterocycles. The first-order valence-corrected chi connectivity index (χ1v) is 14.0. The molecule has 1 aromatic carbocycles. The molecule has 1 amide bonds. The topological polar surface area (TPSA) is 83.1 Å². The SMILES string of the molecule is COc1cc(O)cc(-c2cc(CCCO)c(/C=C3/SC(=S)N(C4C5CC6CC(C5)CC4C6)C3=O)o2)c1. The summed E-state index contributed by atoms with van der Waals surface area (Å²) in [6.07, 6.45) is 9.30. The van der Waals surface area contributed by atoms with Gasteiger partial charge in [-0.2, -0.15) is 0 Å². The number of benzene rings is 1. The summed E-state index contributed by atoms with van der Waals surface area (Å²) in [4.78, 5) is 16.2. The number of aliphatic hydroxyl groups is 1. The number of aromatic hydroxyl groups is 1. The van der Waals surface area contributed by atoms with E-state index in [2.05, 4.69) is 0 Å². The van der Waals surface area contributed by atoms with Crippen LogP contribution >= 0.6 is 24.0 Å². The van der Waals surface area contributed by atoms with Gasteiger partial charge in [-0.05, 0) is 92.4 Å². The van der Waals surface area contributed by atoms with Crippen LogP contribution in [-0.2, 0) is 11.2 Å². The van der Waals surface area contributed by atoms with Crippen molar-refractivity contribution in [2.45, 2.75) is 51.0 Å². The molecule has 190 valence electrons. The molecule has 8 heteroatoms. The highest BCUT2D eigenvalue weighted by Crippen LogP contribution is 2.56. The average Bonchev–Trinajstić information content (AvgIpc) is 3.37. The number of thioether (sulfide) groups is 1. The van der Waals surface area contributed by atoms with Crippen LogP contribution in [0.15, 0.2) is 33.6 Å². The largest absolute Gasteiger partial charge is 0.508 e. The van der Waals surface area contributed by atoms with Gasteiger partial charge in [0.05, 0.1) is 12.0 Å². The number of hydrogen-bond donors (Lipinski definition) is 2. The van der Waals surface area contributed by atoms with Crippen LogP contribution in [0.25, 0.3) is 17.4 Å². The lowest BCUT2D eigenvalue weighted by Crippen LogP contribution is -2.57. The maximum atomic E-state index is 13.7. The number of amides is 1. The molecule has 0 radical (unpaired) electrons. The van der Waals surface area contributed by atoms with Gasteiger partial charge in [0.2, 0.25) is 0 Å². The Labute approximate surface area is 220 Å². The van der Waals surface area contributed by atoms with Crippen LogP contribution < -0.4 is 4.74 Å². The number of phenolic OH excluding ortho intramolecular Hbond substituents is 1. The summed E-state index contributed by atoms with van der Waals surface area (Å²) in [7, 11) is 1.55. The van der Waals surface area contributed by atoms with E-state index in [-0.39, 0.29) is 24.3 Å². The molecule has 6 nitrogen and oxygen atoms in total. The molecule has 2 aromatic rings. The normalized spacial score (nSPS) is 30.1. The fourth-order valence-corrected chi connectivity index (χ4v) is 8.51. The number of aliphatic hydroxyl groups excluding tert-OH is 1. The molecule has 1 aliphatic heterocycles. The summed E-state index contributed by atoms with van der Waals surface area (Å²) >= 11 is 7.13. The number of ether oxygens (including phenoxy) is 1. The number of carbonyl (C=O) groups is 1. The summed E-state index contributed by atoms with van der Waals surface area (Å²) in [6.45, 7) is 0.0640. The van der Waals surface area contributed by atoms with Gasteiger partial charge in [-0.1, -0.05) is 24.0 Å². The molecular weight excluding hydrogens is 494 g/mol. The van der Waals surface area contributed by atoms with Crippen LogP contribution in [0, 0.1) is 23.7 Å². The van der Waals surface area contributed by atoms with Crippen molar-refractivity contribution in [3.05, 3.63) is 40.5 Å². The van der Waals surface area contributed by atoms with E-state index in [0.29, 0.717) is 56.7 Å². The third-order valence-corrected chi connectivity index (χ3v) is 9.75. The first-order chi connectivity index (χ1) is 17.4. The Hall–Kier alpha value is -2.29. The highest BCUT2D eigenvalue weighted by atomic mass is 32.2. The van der Waals surface area contributed by atoms with Crippen molar-refractivity contribution in [2.75, 3.05) is 13.7 Å². The Morgan fingerprint density at radius 2 is 1.86 bits per heavy atom. The van der Waals surface area contributed by atoms with Gasteiger partial charge in [-0.15, -0.1) is 0 Å². The van der Waals surface area contributed by atoms with E-state index in [9.17, 15) is 15.0 Å². The first kappa shape index (κ1) is 24.1. The molecule has 0 atom stereocenters. The van der Waals surface area contributed by atoms with Gasteiger partial charge in [0.1, 0.15) is 27.3 Å². The number of hydrogen-bond acceptors (Lipinski definition) is 7. The molecule has 4 saturated carbocycles. The second-order valence-electron chi connectivity index (χ2n) is 10.7. The minimum atomic E-state index is -0.00689. The summed E-state index contributed by atoms with van der Waals surface area (Å²) in [5.41, 5.74) is 1.58. The van der Waals surface area contributed by atoms with E-state index < -0.39 is 0 Å². The van der Waals surface area contributed by atoms with Crippen molar-refractivity contribution in [3.8, 4) is 22.8 Å². The molecule has 5 fully saturated rings. The molecule has 5 aliphatic rings. The number of aryl methyl sites for hydroxylation is 1. The van der Waals surface area contributed by atoms with Crippen LogP contribution in [0.1, 0.15) is 49.8 Å². The average molecular weight is 526 g/mol. The number of rotatable bonds is 7. The van der Waals surface area contributed by atoms with Gasteiger partial charge in [-0.25, -0.2) is 0 Å². The molecule has 0 unspecified atom stereocenters. The van der Waals surface area contributed by atoms with E-state index in [1.807, 2.05) is 17.0 Å². The first-order valence-electron chi connectivity index (χ1n) is 12.8. The number of furan rings is 1. The van der Waals surface area contributed by atoms with Crippen LogP contribution in [0.3, 0.4) is 0 Å². The number of thiocarbonyl (C=S) groups is 1. The maximum Gasteiger partial charge on any atom is 0.266 e. The Balaban J connectivity index is 1.31. The minimum absolute atomic E-state index is 0.00689. The molecule has 4 aliphatic carbocycles. The number of carbonyl (C=O) groups excluding carboxylic acids is 1. The van der Waals surface area contributed by atoms with E-state index >= 15 is 0 Å². The van der Waals surface area contributed by atoms with Crippen LogP contribution in [0.4, 0.5) is 0 Å². The zero-order valence-electron chi connectivity index (χ0n) is 20.3. The lowest BCUT2D eigenvalue weighted by molar-refractivity contribution is -0.130. The fourth-order valence-electron chi connectivity index (χ4n) is 7.19. The van der Waals surface area contributed by atoms with Crippen molar-refractivity contribution in [1.29, 1.82) is 0 Å². The standard InChI is InChI=1S/C28H31NO5S2/c1-33-22-11-18(10-21(31)13-22)23-12-17(3-2-4-30)24(34-23)14-25-27(32)29(28(35)36-25)26-19-6-15-5-16(8-19)9-20(26)7-15/h10-16,19-20,26,30-31H,2-9H2,1H3/b25-14+. The second kappa shape index (κ2) is 9.54. The zero-order chi connectivity index (χ0) is 25.0. The zero-order valence-corrected chi connectivity index (χ0v) is 21.9. The minimum Gasteiger partial charge on any atom is -0.508 e. The summed E-state index contributed by atoms with van der Waals surface area (Å²) in [5.74, 6) is 4.57. The van der Waals surface area contributed by atoms with Gasteiger partial charge >= 0.3 is 0 Å². The number of phenols is 1. The predicted molar refractivity (Wildman–Crippen MR) is 144 cm³/mol. The molecular formula is C28H31NO5S2. The van der Waals surface area contributed by atoms with Crippen LogP contribution in [0.2, 0.25) is 0 Å². The molecule has 4 bridgehead atoms. The van der Waals surface area contributed by atoms with Gasteiger partial charge in [0.15, 0.2) is 0 Å². The lowest BCUT2D eigenvalue weighted by Gasteiger charge is -2.56. The molecule has 7 rings (SSSR count). The molecule has 0 spiro atoms. The second-order valence-corrected chi connectivity index (χ2v) is 12.4. The smallest absolute Gasteiger partial charge is 0.266 e. The third-order valence-electron chi connectivity index (χ3n) is 8.42. The van der Waals surface area contributed by atoms with Crippen molar-refractivity contribution in [2.24, 2.45) is 23.7 Å². The van der Waals surface area contributed by atoms with Crippen molar-refractivity contribution in [3.63, 3.8) is 0 Å². The van der Waals surface area contributed by atoms with Gasteiger partial charge in [0.25, 0.3) is 5.91 Å². The van der Waals surface area contributed by atoms with Gasteiger partial charge in [0, 0.05) is 30.4 Å². The summed E-state index contributed by atoms with van der Waals surface area (Å²) < 4.78 is 12.2. The van der Waals surface area contributed by atoms with E-state index in [1.54, 1.807) is 19.2 Å². The Morgan fingerprint density at radius 1 is 1.14 bits per heavy atom. The van der Waals surface area contributed by atoms with Crippen molar-refractivity contribution < 1.29 is 24.2 Å². The highest BCUT2D eigenvalue weighted by molar-refractivity contribution is 8.26. The Bertz CT molecular complexity index is 1210. The number of methoxy groups -OCH3 is 1. The maximum absolute atomic E-state index is 13.7. The van der Waals surface area contributed by atoms with E-state index in [1.165, 1.54) is 49.9 Å². The molecule has 36 heavy (non-hydrogen) atoms. The van der Waals surface area contributed by atoms with E-state index in [4.69, 9.17) is 21.4 Å². The van der Waals surface area contributed by atoms with Gasteiger partial charge < -0.3 is 19.4 Å². The van der Waals surface area contributed by atoms with E-state index in [0.717, 1.165) is 17.4 Å². The van der Waals surface area contributed by atoms with Gasteiger partial charge in [-0.3, -0.25) is 9.69 Å². The molecule has 2 N–H and O–H groups in total. The lowest BCUT2D eigenvalue weighted by atomic mass is 9.54. The quantitative estimate of drug-likeness (QED) is 0.359. The third kappa shape index (κ3) is 4.27. The van der Waals surface area contributed by atoms with Crippen LogP contribution in [0.5, 0.6) is 11.5 Å². The Kier molecular flexibility index (Phi) is 6.38. The molecule has 1 saturated heterocycles. The van der Waals surface area contributed by atoms with Crippen molar-refractivity contribution in [1.82, 2.24) is 4.90 Å². The van der Waals surface area contributed by atoms with Crippen LogP contribution in [-0.4, -0.2) is 45.1 Å². The summed E-state index contributed by atoms with van der Waals surface area (Å²) in [6, 6.07) is 7.09. The Morgan fingerprint density at radius 3 is 2.53 bits per heavy atom.